The van der Waals surface area contributed by atoms with Gasteiger partial charge in [-0.05, 0) is 0 Å². The Morgan fingerprint density at radius 2 is 2.23 bits per heavy atom. The Bertz CT molecular complexity index is 260. The average molecular weight is 201 g/mol. The summed E-state index contributed by atoms with van der Waals surface area (Å²) in [6.07, 6.45) is -0.255. The maximum atomic E-state index is 9.50. The predicted octanol–water partition coefficient (Wildman–Crippen LogP) is 1.68. The SMILES string of the molecule is CC(C)c1nc(C(O)CCO)cs1. The van der Waals surface area contributed by atoms with E-state index in [0.29, 0.717) is 18.0 Å². The minimum Gasteiger partial charge on any atom is -0.396 e. The molecule has 0 aliphatic rings. The molecule has 0 aliphatic heterocycles. The standard InChI is InChI=1S/C9H15NO2S/c1-6(2)9-10-7(5-13-9)8(12)3-4-11/h5-6,8,11-12H,3-4H2,1-2H3. The highest BCUT2D eigenvalue weighted by molar-refractivity contribution is 7.09. The van der Waals surface area contributed by atoms with Crippen LogP contribution in [0.5, 0.6) is 0 Å². The number of aliphatic hydroxyl groups is 2. The van der Waals surface area contributed by atoms with E-state index in [2.05, 4.69) is 18.8 Å². The van der Waals surface area contributed by atoms with E-state index < -0.39 is 6.10 Å². The summed E-state index contributed by atoms with van der Waals surface area (Å²) in [4.78, 5) is 4.29. The van der Waals surface area contributed by atoms with Crippen molar-refractivity contribution in [2.24, 2.45) is 0 Å². The van der Waals surface area contributed by atoms with Gasteiger partial charge in [0.1, 0.15) is 0 Å². The second kappa shape index (κ2) is 4.69. The molecule has 3 nitrogen and oxygen atoms in total. The highest BCUT2D eigenvalue weighted by Gasteiger charge is 2.12. The van der Waals surface area contributed by atoms with Crippen molar-refractivity contribution in [2.45, 2.75) is 32.3 Å². The monoisotopic (exact) mass is 201 g/mol. The van der Waals surface area contributed by atoms with Crippen LogP contribution in [0.15, 0.2) is 5.38 Å². The first-order chi connectivity index (χ1) is 6.15. The highest BCUT2D eigenvalue weighted by Crippen LogP contribution is 2.23. The molecule has 74 valence electrons. The summed E-state index contributed by atoms with van der Waals surface area (Å²) in [5.41, 5.74) is 0.683. The first-order valence-corrected chi connectivity index (χ1v) is 5.27. The highest BCUT2D eigenvalue weighted by atomic mass is 32.1. The van der Waals surface area contributed by atoms with Gasteiger partial charge in [-0.2, -0.15) is 0 Å². The third-order valence-electron chi connectivity index (χ3n) is 1.78. The minimum absolute atomic E-state index is 0.00426. The molecule has 2 N–H and O–H groups in total. The summed E-state index contributed by atoms with van der Waals surface area (Å²) in [6, 6.07) is 0. The number of thiazole rings is 1. The molecular weight excluding hydrogens is 186 g/mol. The predicted molar refractivity (Wildman–Crippen MR) is 52.9 cm³/mol. The molecule has 0 radical (unpaired) electrons. The fourth-order valence-corrected chi connectivity index (χ4v) is 1.87. The summed E-state index contributed by atoms with van der Waals surface area (Å²) in [5, 5.41) is 21.0. The second-order valence-electron chi connectivity index (χ2n) is 3.29. The van der Waals surface area contributed by atoms with Crippen molar-refractivity contribution in [1.82, 2.24) is 4.98 Å². The Kier molecular flexibility index (Phi) is 3.84. The largest absolute Gasteiger partial charge is 0.396 e. The summed E-state index contributed by atoms with van der Waals surface area (Å²) in [7, 11) is 0. The Morgan fingerprint density at radius 1 is 1.54 bits per heavy atom. The van der Waals surface area contributed by atoms with Gasteiger partial charge >= 0.3 is 0 Å². The van der Waals surface area contributed by atoms with Crippen LogP contribution in [0.3, 0.4) is 0 Å². The van der Waals surface area contributed by atoms with Crippen LogP contribution in [0.25, 0.3) is 0 Å². The van der Waals surface area contributed by atoms with E-state index in [0.717, 1.165) is 5.01 Å². The molecule has 1 aromatic heterocycles. The van der Waals surface area contributed by atoms with E-state index in [1.54, 1.807) is 11.3 Å². The van der Waals surface area contributed by atoms with Crippen molar-refractivity contribution < 1.29 is 10.2 Å². The molecule has 4 heteroatoms. The molecule has 0 amide bonds. The van der Waals surface area contributed by atoms with E-state index >= 15 is 0 Å². The third kappa shape index (κ3) is 2.76. The normalized spacial score (nSPS) is 13.6. The van der Waals surface area contributed by atoms with E-state index in [4.69, 9.17) is 5.11 Å². The van der Waals surface area contributed by atoms with Crippen molar-refractivity contribution in [2.75, 3.05) is 6.61 Å². The van der Waals surface area contributed by atoms with Gasteiger partial charge in [0.25, 0.3) is 0 Å². The van der Waals surface area contributed by atoms with Crippen LogP contribution >= 0.6 is 11.3 Å². The summed E-state index contributed by atoms with van der Waals surface area (Å²) < 4.78 is 0. The van der Waals surface area contributed by atoms with Crippen LogP contribution < -0.4 is 0 Å². The van der Waals surface area contributed by atoms with Gasteiger partial charge in [0.15, 0.2) is 0 Å². The van der Waals surface area contributed by atoms with Crippen LogP contribution in [-0.2, 0) is 0 Å². The van der Waals surface area contributed by atoms with Crippen LogP contribution in [0.4, 0.5) is 0 Å². The first-order valence-electron chi connectivity index (χ1n) is 4.39. The number of aliphatic hydroxyl groups excluding tert-OH is 2. The fourth-order valence-electron chi connectivity index (χ4n) is 0.989. The van der Waals surface area contributed by atoms with Crippen LogP contribution in [0.2, 0.25) is 0 Å². The van der Waals surface area contributed by atoms with Gasteiger partial charge in [-0.3, -0.25) is 0 Å². The maximum absolute atomic E-state index is 9.50. The van der Waals surface area contributed by atoms with Crippen LogP contribution in [-0.4, -0.2) is 21.8 Å². The molecule has 0 bridgehead atoms. The zero-order valence-corrected chi connectivity index (χ0v) is 8.71. The van der Waals surface area contributed by atoms with Crippen molar-refractivity contribution >= 4 is 11.3 Å². The zero-order valence-electron chi connectivity index (χ0n) is 7.90. The third-order valence-corrected chi connectivity index (χ3v) is 2.94. The van der Waals surface area contributed by atoms with Gasteiger partial charge in [0.2, 0.25) is 0 Å². The lowest BCUT2D eigenvalue weighted by atomic mass is 10.2. The summed E-state index contributed by atoms with van der Waals surface area (Å²) in [5.74, 6) is 0.403. The van der Waals surface area contributed by atoms with Crippen molar-refractivity contribution in [3.05, 3.63) is 16.1 Å². The molecule has 0 spiro atoms. The van der Waals surface area contributed by atoms with Gasteiger partial charge in [0.05, 0.1) is 16.8 Å². The van der Waals surface area contributed by atoms with Gasteiger partial charge in [-0.25, -0.2) is 4.98 Å². The Morgan fingerprint density at radius 3 is 2.69 bits per heavy atom. The molecule has 1 rings (SSSR count). The maximum Gasteiger partial charge on any atom is 0.0990 e. The number of hydrogen-bond donors (Lipinski definition) is 2. The van der Waals surface area contributed by atoms with Gasteiger partial charge in [0, 0.05) is 24.3 Å². The van der Waals surface area contributed by atoms with Gasteiger partial charge in [-0.1, -0.05) is 13.8 Å². The number of hydrogen-bond acceptors (Lipinski definition) is 4. The second-order valence-corrected chi connectivity index (χ2v) is 4.18. The molecule has 1 aromatic rings. The lowest BCUT2D eigenvalue weighted by molar-refractivity contribution is 0.131. The smallest absolute Gasteiger partial charge is 0.0990 e. The molecule has 1 unspecified atom stereocenters. The summed E-state index contributed by atoms with van der Waals surface area (Å²) in [6.45, 7) is 4.14. The lowest BCUT2D eigenvalue weighted by Gasteiger charge is -2.04. The molecule has 13 heavy (non-hydrogen) atoms. The molecule has 1 atom stereocenters. The van der Waals surface area contributed by atoms with E-state index in [-0.39, 0.29) is 6.61 Å². The Hall–Kier alpha value is -0.450. The minimum atomic E-state index is -0.617. The lowest BCUT2D eigenvalue weighted by Crippen LogP contribution is -2.00. The molecule has 0 aromatic carbocycles. The number of nitrogens with zero attached hydrogens (tertiary/aromatic N) is 1. The molecule has 0 aliphatic carbocycles. The van der Waals surface area contributed by atoms with E-state index in [1.165, 1.54) is 0 Å². The summed E-state index contributed by atoms with van der Waals surface area (Å²) >= 11 is 1.56. The number of rotatable bonds is 4. The molecule has 1 heterocycles. The van der Waals surface area contributed by atoms with E-state index in [9.17, 15) is 5.11 Å². The molecule has 0 saturated heterocycles. The quantitative estimate of drug-likeness (QED) is 0.779. The zero-order chi connectivity index (χ0) is 9.84. The molecular formula is C9H15NO2S. The number of aromatic nitrogens is 1. The fraction of sp³-hybridized carbons (Fsp3) is 0.667. The van der Waals surface area contributed by atoms with E-state index in [1.807, 2.05) is 5.38 Å². The molecule has 0 fully saturated rings. The van der Waals surface area contributed by atoms with Gasteiger partial charge < -0.3 is 10.2 Å². The van der Waals surface area contributed by atoms with Crippen molar-refractivity contribution in [3.63, 3.8) is 0 Å². The molecule has 0 saturated carbocycles. The van der Waals surface area contributed by atoms with Crippen molar-refractivity contribution in [1.29, 1.82) is 0 Å². The Balaban J connectivity index is 2.67. The Labute approximate surface area is 82.1 Å². The first kappa shape index (κ1) is 10.6. The van der Waals surface area contributed by atoms with Crippen LogP contribution in [0.1, 0.15) is 43.0 Å². The topological polar surface area (TPSA) is 53.4 Å². The van der Waals surface area contributed by atoms with Crippen molar-refractivity contribution in [3.8, 4) is 0 Å². The van der Waals surface area contributed by atoms with Crippen LogP contribution in [0, 0.1) is 0 Å². The van der Waals surface area contributed by atoms with Gasteiger partial charge in [-0.15, -0.1) is 11.3 Å². The average Bonchev–Trinajstić information content (AvgIpc) is 2.52.